The molecule has 0 amide bonds. The third-order valence-electron chi connectivity index (χ3n) is 3.97. The van der Waals surface area contributed by atoms with Crippen molar-refractivity contribution in [1.29, 1.82) is 0 Å². The summed E-state index contributed by atoms with van der Waals surface area (Å²) in [5, 5.41) is 4.26. The fraction of sp³-hybridized carbons (Fsp3) is 0.786. The first-order valence-electron chi connectivity index (χ1n) is 6.77. The number of nitrogens with zero attached hydrogens (tertiary/aromatic N) is 2. The highest BCUT2D eigenvalue weighted by Crippen LogP contribution is 2.40. The van der Waals surface area contributed by atoms with Crippen LogP contribution < -0.4 is 5.73 Å². The summed E-state index contributed by atoms with van der Waals surface area (Å²) in [7, 11) is 1.96. The fourth-order valence-corrected chi connectivity index (χ4v) is 3.23. The van der Waals surface area contributed by atoms with Gasteiger partial charge in [-0.15, -0.1) is 0 Å². The summed E-state index contributed by atoms with van der Waals surface area (Å²) in [5.41, 5.74) is 7.69. The van der Waals surface area contributed by atoms with E-state index in [9.17, 15) is 0 Å². The summed E-state index contributed by atoms with van der Waals surface area (Å²) in [6, 6.07) is 0. The summed E-state index contributed by atoms with van der Waals surface area (Å²) in [6.07, 6.45) is 10.2. The minimum Gasteiger partial charge on any atom is -0.321 e. The molecule has 1 aliphatic rings. The summed E-state index contributed by atoms with van der Waals surface area (Å²) in [5.74, 6) is 1.56. The maximum Gasteiger partial charge on any atom is 0.0540 e. The van der Waals surface area contributed by atoms with Gasteiger partial charge >= 0.3 is 0 Å². The molecule has 1 aliphatic carbocycles. The van der Waals surface area contributed by atoms with Gasteiger partial charge in [-0.25, -0.2) is 0 Å². The Hall–Kier alpha value is -0.830. The summed E-state index contributed by atoms with van der Waals surface area (Å²) >= 11 is 0. The average molecular weight is 235 g/mol. The van der Waals surface area contributed by atoms with E-state index in [-0.39, 0.29) is 5.54 Å². The van der Waals surface area contributed by atoms with Crippen LogP contribution in [0.3, 0.4) is 0 Å². The smallest absolute Gasteiger partial charge is 0.0540 e. The molecule has 2 unspecified atom stereocenters. The quantitative estimate of drug-likeness (QED) is 0.875. The molecule has 0 saturated heterocycles. The van der Waals surface area contributed by atoms with Gasteiger partial charge in [0.15, 0.2) is 0 Å². The summed E-state index contributed by atoms with van der Waals surface area (Å²) in [6.45, 7) is 4.60. The van der Waals surface area contributed by atoms with Gasteiger partial charge in [-0.3, -0.25) is 4.68 Å². The number of nitrogens with two attached hydrogens (primary N) is 1. The zero-order chi connectivity index (χ0) is 12.5. The van der Waals surface area contributed by atoms with Gasteiger partial charge in [0.05, 0.1) is 6.20 Å². The van der Waals surface area contributed by atoms with Crippen molar-refractivity contribution in [2.75, 3.05) is 0 Å². The van der Waals surface area contributed by atoms with Gasteiger partial charge in [0, 0.05) is 24.3 Å². The SMILES string of the molecule is CC(C)CC1CCCC(N)(c2cnn(C)c2)C1. The Morgan fingerprint density at radius 1 is 1.59 bits per heavy atom. The lowest BCUT2D eigenvalue weighted by Gasteiger charge is -2.38. The van der Waals surface area contributed by atoms with E-state index < -0.39 is 0 Å². The number of rotatable bonds is 3. The molecule has 3 nitrogen and oxygen atoms in total. The second kappa shape index (κ2) is 4.81. The van der Waals surface area contributed by atoms with E-state index in [4.69, 9.17) is 5.73 Å². The highest BCUT2D eigenvalue weighted by atomic mass is 15.2. The minimum absolute atomic E-state index is 0.133. The van der Waals surface area contributed by atoms with Crippen LogP contribution in [0.25, 0.3) is 0 Å². The molecule has 1 aromatic rings. The first-order chi connectivity index (χ1) is 7.99. The van der Waals surface area contributed by atoms with Crippen molar-refractivity contribution in [3.8, 4) is 0 Å². The molecule has 1 saturated carbocycles. The van der Waals surface area contributed by atoms with Crippen LogP contribution in [0.5, 0.6) is 0 Å². The Bertz CT molecular complexity index is 369. The number of aryl methyl sites for hydroxylation is 1. The average Bonchev–Trinajstić information content (AvgIpc) is 2.64. The van der Waals surface area contributed by atoms with E-state index in [2.05, 4.69) is 25.1 Å². The van der Waals surface area contributed by atoms with Crippen LogP contribution in [0.4, 0.5) is 0 Å². The Kier molecular flexibility index (Phi) is 3.57. The Morgan fingerprint density at radius 3 is 2.94 bits per heavy atom. The van der Waals surface area contributed by atoms with Gasteiger partial charge in [0.2, 0.25) is 0 Å². The first-order valence-corrected chi connectivity index (χ1v) is 6.77. The summed E-state index contributed by atoms with van der Waals surface area (Å²) < 4.78 is 1.86. The minimum atomic E-state index is -0.133. The molecule has 0 radical (unpaired) electrons. The maximum absolute atomic E-state index is 6.61. The number of hydrogen-bond donors (Lipinski definition) is 1. The molecule has 96 valence electrons. The lowest BCUT2D eigenvalue weighted by atomic mass is 9.71. The lowest BCUT2D eigenvalue weighted by molar-refractivity contribution is 0.202. The third kappa shape index (κ3) is 2.89. The molecule has 0 spiro atoms. The van der Waals surface area contributed by atoms with Crippen LogP contribution in [0.1, 0.15) is 51.5 Å². The summed E-state index contributed by atoms with van der Waals surface area (Å²) in [4.78, 5) is 0. The monoisotopic (exact) mass is 235 g/mol. The molecule has 0 aliphatic heterocycles. The second-order valence-electron chi connectivity index (χ2n) is 6.15. The van der Waals surface area contributed by atoms with Crippen molar-refractivity contribution in [3.63, 3.8) is 0 Å². The van der Waals surface area contributed by atoms with Gasteiger partial charge in [0.1, 0.15) is 0 Å². The Labute approximate surface area is 104 Å². The van der Waals surface area contributed by atoms with Gasteiger partial charge in [-0.05, 0) is 31.1 Å². The number of aromatic nitrogens is 2. The molecule has 1 fully saturated rings. The number of hydrogen-bond acceptors (Lipinski definition) is 2. The Morgan fingerprint density at radius 2 is 2.35 bits per heavy atom. The highest BCUT2D eigenvalue weighted by Gasteiger charge is 2.35. The van der Waals surface area contributed by atoms with Crippen molar-refractivity contribution in [1.82, 2.24) is 9.78 Å². The van der Waals surface area contributed by atoms with Crippen molar-refractivity contribution < 1.29 is 0 Å². The largest absolute Gasteiger partial charge is 0.321 e. The molecule has 0 bridgehead atoms. The molecule has 0 aromatic carbocycles. The molecule has 1 aromatic heterocycles. The molecular weight excluding hydrogens is 210 g/mol. The molecule has 2 rings (SSSR count). The van der Waals surface area contributed by atoms with Gasteiger partial charge in [0.25, 0.3) is 0 Å². The molecule has 1 heterocycles. The van der Waals surface area contributed by atoms with Crippen LogP contribution >= 0.6 is 0 Å². The zero-order valence-electron chi connectivity index (χ0n) is 11.3. The van der Waals surface area contributed by atoms with E-state index in [0.29, 0.717) is 0 Å². The van der Waals surface area contributed by atoms with Crippen molar-refractivity contribution in [2.45, 2.75) is 51.5 Å². The third-order valence-corrected chi connectivity index (χ3v) is 3.97. The van der Waals surface area contributed by atoms with Crippen molar-refractivity contribution >= 4 is 0 Å². The van der Waals surface area contributed by atoms with Crippen molar-refractivity contribution in [2.24, 2.45) is 24.6 Å². The maximum atomic E-state index is 6.61. The first kappa shape index (κ1) is 12.6. The predicted octanol–water partition coefficient (Wildman–Crippen LogP) is 2.81. The van der Waals surface area contributed by atoms with Crippen LogP contribution in [0.2, 0.25) is 0 Å². The normalized spacial score (nSPS) is 29.8. The zero-order valence-corrected chi connectivity index (χ0v) is 11.3. The Balaban J connectivity index is 2.09. The van der Waals surface area contributed by atoms with Crippen LogP contribution in [-0.2, 0) is 12.6 Å². The van der Waals surface area contributed by atoms with Crippen LogP contribution in [0.15, 0.2) is 12.4 Å². The van der Waals surface area contributed by atoms with Crippen LogP contribution in [-0.4, -0.2) is 9.78 Å². The van der Waals surface area contributed by atoms with E-state index in [1.807, 2.05) is 17.9 Å². The van der Waals surface area contributed by atoms with Crippen LogP contribution in [0, 0.1) is 11.8 Å². The second-order valence-corrected chi connectivity index (χ2v) is 6.15. The molecule has 2 N–H and O–H groups in total. The topological polar surface area (TPSA) is 43.8 Å². The van der Waals surface area contributed by atoms with E-state index in [1.54, 1.807) is 0 Å². The fourth-order valence-electron chi connectivity index (χ4n) is 3.23. The molecule has 2 atom stereocenters. The van der Waals surface area contributed by atoms with E-state index in [1.165, 1.54) is 24.8 Å². The van der Waals surface area contributed by atoms with Crippen molar-refractivity contribution in [3.05, 3.63) is 18.0 Å². The standard InChI is InChI=1S/C14H25N3/c1-11(2)7-12-5-4-6-14(15,8-12)13-9-16-17(3)10-13/h9-12H,4-8,15H2,1-3H3. The van der Waals surface area contributed by atoms with E-state index in [0.717, 1.165) is 24.7 Å². The van der Waals surface area contributed by atoms with Gasteiger partial charge in [-0.1, -0.05) is 26.7 Å². The van der Waals surface area contributed by atoms with Gasteiger partial charge in [-0.2, -0.15) is 5.10 Å². The molecule has 3 heteroatoms. The predicted molar refractivity (Wildman–Crippen MR) is 70.5 cm³/mol. The molecular formula is C14H25N3. The van der Waals surface area contributed by atoms with E-state index >= 15 is 0 Å². The molecule has 17 heavy (non-hydrogen) atoms. The highest BCUT2D eigenvalue weighted by molar-refractivity contribution is 5.18. The lowest BCUT2D eigenvalue weighted by Crippen LogP contribution is -2.41. The van der Waals surface area contributed by atoms with Gasteiger partial charge < -0.3 is 5.73 Å².